The van der Waals surface area contributed by atoms with E-state index in [-0.39, 0.29) is 0 Å². The summed E-state index contributed by atoms with van der Waals surface area (Å²) in [5.41, 5.74) is 1.09. The van der Waals surface area contributed by atoms with Crippen LogP contribution in [0.15, 0.2) is 47.2 Å². The Kier molecular flexibility index (Phi) is 3.80. The zero-order chi connectivity index (χ0) is 13.1. The molecule has 1 N–H and O–H groups in total. The van der Waals surface area contributed by atoms with Gasteiger partial charge in [0, 0.05) is 35.0 Å². The summed E-state index contributed by atoms with van der Waals surface area (Å²) in [6.45, 7) is 0.807. The van der Waals surface area contributed by atoms with Crippen LogP contribution in [0.4, 0.5) is 0 Å². The minimum atomic E-state index is 0.680. The predicted octanol–water partition coefficient (Wildman–Crippen LogP) is 3.89. The van der Waals surface area contributed by atoms with E-state index in [9.17, 15) is 0 Å². The van der Waals surface area contributed by atoms with E-state index in [1.165, 1.54) is 12.8 Å². The Bertz CT molecular complexity index is 570. The first kappa shape index (κ1) is 12.6. The molecule has 1 fully saturated rings. The molecular weight excluding hydrogens is 304 g/mol. The Morgan fingerprint density at radius 3 is 3.00 bits per heavy atom. The fourth-order valence-corrected chi connectivity index (χ4v) is 2.22. The number of pyridine rings is 1. The van der Waals surface area contributed by atoms with Gasteiger partial charge in [0.05, 0.1) is 0 Å². The maximum Gasteiger partial charge on any atom is 0.134 e. The van der Waals surface area contributed by atoms with Gasteiger partial charge in [0.2, 0.25) is 0 Å². The van der Waals surface area contributed by atoms with Gasteiger partial charge in [-0.15, -0.1) is 0 Å². The van der Waals surface area contributed by atoms with Crippen LogP contribution in [0.2, 0.25) is 0 Å². The second kappa shape index (κ2) is 5.72. The summed E-state index contributed by atoms with van der Waals surface area (Å²) in [5, 5.41) is 3.48. The Balaban J connectivity index is 1.75. The van der Waals surface area contributed by atoms with E-state index >= 15 is 0 Å². The highest BCUT2D eigenvalue weighted by atomic mass is 79.9. The summed E-state index contributed by atoms with van der Waals surface area (Å²) >= 11 is 3.45. The molecule has 0 amide bonds. The lowest BCUT2D eigenvalue weighted by atomic mass is 10.2. The first-order valence-corrected chi connectivity index (χ1v) is 7.20. The molecule has 0 saturated heterocycles. The van der Waals surface area contributed by atoms with Crippen LogP contribution in [-0.4, -0.2) is 11.0 Å². The zero-order valence-corrected chi connectivity index (χ0v) is 12.1. The molecule has 1 aliphatic carbocycles. The number of rotatable bonds is 5. The van der Waals surface area contributed by atoms with E-state index in [0.717, 1.165) is 28.1 Å². The third-order valence-electron chi connectivity index (χ3n) is 3.04. The number of hydrogen-bond donors (Lipinski definition) is 1. The van der Waals surface area contributed by atoms with Crippen molar-refractivity contribution < 1.29 is 4.74 Å². The molecule has 2 aromatic rings. The number of hydrogen-bond acceptors (Lipinski definition) is 3. The molecule has 0 bridgehead atoms. The van der Waals surface area contributed by atoms with E-state index in [0.29, 0.717) is 6.04 Å². The average molecular weight is 319 g/mol. The largest absolute Gasteiger partial charge is 0.457 e. The van der Waals surface area contributed by atoms with Crippen molar-refractivity contribution in [3.63, 3.8) is 0 Å². The summed E-state index contributed by atoms with van der Waals surface area (Å²) in [7, 11) is 0. The first-order chi connectivity index (χ1) is 9.31. The van der Waals surface area contributed by atoms with E-state index in [4.69, 9.17) is 4.74 Å². The van der Waals surface area contributed by atoms with Gasteiger partial charge in [0.15, 0.2) is 0 Å². The number of nitrogens with one attached hydrogen (secondary N) is 1. The van der Waals surface area contributed by atoms with Crippen LogP contribution in [0.1, 0.15) is 18.4 Å². The Labute approximate surface area is 121 Å². The highest BCUT2D eigenvalue weighted by molar-refractivity contribution is 9.10. The monoisotopic (exact) mass is 318 g/mol. The number of aromatic nitrogens is 1. The molecule has 1 heterocycles. The van der Waals surface area contributed by atoms with E-state index in [2.05, 4.69) is 26.2 Å². The maximum absolute atomic E-state index is 5.93. The van der Waals surface area contributed by atoms with Crippen LogP contribution in [0.3, 0.4) is 0 Å². The molecule has 0 aliphatic heterocycles. The minimum Gasteiger partial charge on any atom is -0.457 e. The lowest BCUT2D eigenvalue weighted by Gasteiger charge is -2.11. The number of halogens is 1. The first-order valence-electron chi connectivity index (χ1n) is 6.41. The van der Waals surface area contributed by atoms with Gasteiger partial charge in [-0.05, 0) is 37.1 Å². The molecule has 0 radical (unpaired) electrons. The van der Waals surface area contributed by atoms with Gasteiger partial charge in [-0.25, -0.2) is 0 Å². The molecule has 1 saturated carbocycles. The van der Waals surface area contributed by atoms with Gasteiger partial charge in [0.1, 0.15) is 11.5 Å². The fraction of sp³-hybridized carbons (Fsp3) is 0.267. The van der Waals surface area contributed by atoms with Crippen LogP contribution >= 0.6 is 15.9 Å². The molecule has 0 unspecified atom stereocenters. The Hall–Kier alpha value is -1.39. The Morgan fingerprint density at radius 1 is 1.32 bits per heavy atom. The highest BCUT2D eigenvalue weighted by Crippen LogP contribution is 2.27. The number of ether oxygens (including phenoxy) is 1. The standard InChI is InChI=1S/C15H15BrN2O/c16-12-2-1-3-14(8-12)19-15-6-7-17-9-11(15)10-18-13-4-5-13/h1-3,6-9,13,18H,4-5,10H2. The van der Waals surface area contributed by atoms with Gasteiger partial charge in [-0.2, -0.15) is 0 Å². The van der Waals surface area contributed by atoms with Crippen molar-refractivity contribution in [3.8, 4) is 11.5 Å². The van der Waals surface area contributed by atoms with Gasteiger partial charge < -0.3 is 10.1 Å². The lowest BCUT2D eigenvalue weighted by molar-refractivity contribution is 0.471. The van der Waals surface area contributed by atoms with E-state index in [1.807, 2.05) is 36.5 Å². The number of nitrogens with zero attached hydrogens (tertiary/aromatic N) is 1. The van der Waals surface area contributed by atoms with Crippen molar-refractivity contribution in [1.82, 2.24) is 10.3 Å². The minimum absolute atomic E-state index is 0.680. The van der Waals surface area contributed by atoms with Crippen LogP contribution in [0.5, 0.6) is 11.5 Å². The van der Waals surface area contributed by atoms with E-state index in [1.54, 1.807) is 6.20 Å². The zero-order valence-electron chi connectivity index (χ0n) is 10.5. The van der Waals surface area contributed by atoms with Crippen molar-refractivity contribution in [2.24, 2.45) is 0 Å². The van der Waals surface area contributed by atoms with Crippen LogP contribution in [-0.2, 0) is 6.54 Å². The third-order valence-corrected chi connectivity index (χ3v) is 3.53. The summed E-state index contributed by atoms with van der Waals surface area (Å²) in [5.74, 6) is 1.69. The molecule has 19 heavy (non-hydrogen) atoms. The SMILES string of the molecule is Brc1cccc(Oc2ccncc2CNC2CC2)c1. The summed E-state index contributed by atoms with van der Waals surface area (Å²) in [4.78, 5) is 4.17. The molecule has 1 aromatic heterocycles. The van der Waals surface area contributed by atoms with Crippen molar-refractivity contribution in [2.45, 2.75) is 25.4 Å². The van der Waals surface area contributed by atoms with Gasteiger partial charge in [-0.1, -0.05) is 22.0 Å². The normalized spacial score (nSPS) is 14.4. The molecule has 3 rings (SSSR count). The molecule has 0 spiro atoms. The van der Waals surface area contributed by atoms with Crippen molar-refractivity contribution in [3.05, 3.63) is 52.8 Å². The predicted molar refractivity (Wildman–Crippen MR) is 78.3 cm³/mol. The van der Waals surface area contributed by atoms with Gasteiger partial charge in [0.25, 0.3) is 0 Å². The van der Waals surface area contributed by atoms with Crippen molar-refractivity contribution >= 4 is 15.9 Å². The second-order valence-corrected chi connectivity index (χ2v) is 5.61. The topological polar surface area (TPSA) is 34.1 Å². The summed E-state index contributed by atoms with van der Waals surface area (Å²) < 4.78 is 6.94. The quantitative estimate of drug-likeness (QED) is 0.908. The average Bonchev–Trinajstić information content (AvgIpc) is 3.22. The van der Waals surface area contributed by atoms with Crippen molar-refractivity contribution in [1.29, 1.82) is 0 Å². The lowest BCUT2D eigenvalue weighted by Crippen LogP contribution is -2.15. The van der Waals surface area contributed by atoms with Crippen LogP contribution in [0, 0.1) is 0 Å². The number of benzene rings is 1. The second-order valence-electron chi connectivity index (χ2n) is 4.70. The summed E-state index contributed by atoms with van der Waals surface area (Å²) in [6.07, 6.45) is 6.18. The smallest absolute Gasteiger partial charge is 0.134 e. The molecular formula is C15H15BrN2O. The van der Waals surface area contributed by atoms with Crippen molar-refractivity contribution in [2.75, 3.05) is 0 Å². The fourth-order valence-electron chi connectivity index (χ4n) is 1.85. The molecule has 1 aromatic carbocycles. The molecule has 4 heteroatoms. The molecule has 3 nitrogen and oxygen atoms in total. The van der Waals surface area contributed by atoms with Crippen LogP contribution in [0.25, 0.3) is 0 Å². The molecule has 1 aliphatic rings. The molecule has 0 atom stereocenters. The Morgan fingerprint density at radius 2 is 2.21 bits per heavy atom. The van der Waals surface area contributed by atoms with Crippen LogP contribution < -0.4 is 10.1 Å². The van der Waals surface area contributed by atoms with E-state index < -0.39 is 0 Å². The highest BCUT2D eigenvalue weighted by Gasteiger charge is 2.20. The van der Waals surface area contributed by atoms with Gasteiger partial charge in [-0.3, -0.25) is 4.98 Å². The maximum atomic E-state index is 5.93. The third kappa shape index (κ3) is 3.55. The van der Waals surface area contributed by atoms with Gasteiger partial charge >= 0.3 is 0 Å². The summed E-state index contributed by atoms with van der Waals surface area (Å²) in [6, 6.07) is 10.4. The molecule has 98 valence electrons.